The summed E-state index contributed by atoms with van der Waals surface area (Å²) < 4.78 is 70.3. The van der Waals surface area contributed by atoms with E-state index in [-0.39, 0.29) is 5.56 Å². The molecule has 0 spiro atoms. The van der Waals surface area contributed by atoms with Crippen molar-refractivity contribution >= 4 is 17.6 Å². The molecule has 10 heteroatoms. The van der Waals surface area contributed by atoms with Crippen LogP contribution in [0.1, 0.15) is 23.2 Å². The molecule has 4 nitrogen and oxygen atoms in total. The number of aromatic nitrogens is 1. The van der Waals surface area contributed by atoms with Gasteiger partial charge in [0, 0.05) is 11.1 Å². The van der Waals surface area contributed by atoms with Gasteiger partial charge in [0.05, 0.1) is 25.1 Å². The van der Waals surface area contributed by atoms with Gasteiger partial charge >= 0.3 is 12.3 Å². The standard InChI is InChI=1S/C11H9ClF5NO3/c1-20-8(19)3-7-6(9(13)14)2-5(4-12)10(18-7)21-11(15,16)17/h2,9H,3-4H2,1H3. The highest BCUT2D eigenvalue weighted by Crippen LogP contribution is 2.31. The van der Waals surface area contributed by atoms with Crippen molar-refractivity contribution in [2.24, 2.45) is 0 Å². The predicted molar refractivity (Wildman–Crippen MR) is 61.2 cm³/mol. The lowest BCUT2D eigenvalue weighted by Crippen LogP contribution is -2.20. The number of nitrogens with zero attached hydrogens (tertiary/aromatic N) is 1. The summed E-state index contributed by atoms with van der Waals surface area (Å²) in [6.07, 6.45) is -8.82. The quantitative estimate of drug-likeness (QED) is 0.471. The maximum absolute atomic E-state index is 12.9. The molecule has 0 saturated heterocycles. The first-order valence-corrected chi connectivity index (χ1v) is 5.90. The van der Waals surface area contributed by atoms with E-state index in [1.165, 1.54) is 0 Å². The highest BCUT2D eigenvalue weighted by Gasteiger charge is 2.34. The van der Waals surface area contributed by atoms with Gasteiger partial charge in [-0.3, -0.25) is 4.79 Å². The molecule has 0 bridgehead atoms. The van der Waals surface area contributed by atoms with Crippen LogP contribution in [-0.4, -0.2) is 24.4 Å². The number of hydrogen-bond donors (Lipinski definition) is 0. The van der Waals surface area contributed by atoms with Crippen molar-refractivity contribution in [3.63, 3.8) is 0 Å². The molecule has 0 radical (unpaired) electrons. The van der Waals surface area contributed by atoms with Gasteiger partial charge in [-0.05, 0) is 6.07 Å². The molecule has 0 N–H and O–H groups in total. The fraction of sp³-hybridized carbons (Fsp3) is 0.455. The number of carbonyl (C=O) groups is 1. The second-order valence-corrected chi connectivity index (χ2v) is 3.99. The summed E-state index contributed by atoms with van der Waals surface area (Å²) in [5.41, 5.74) is -1.63. The lowest BCUT2D eigenvalue weighted by molar-refractivity contribution is -0.276. The van der Waals surface area contributed by atoms with E-state index >= 15 is 0 Å². The highest BCUT2D eigenvalue weighted by atomic mass is 35.5. The zero-order valence-corrected chi connectivity index (χ0v) is 11.3. The summed E-state index contributed by atoms with van der Waals surface area (Å²) in [5.74, 6) is -2.42. The van der Waals surface area contributed by atoms with Crippen LogP contribution in [0, 0.1) is 0 Å². The van der Waals surface area contributed by atoms with Crippen LogP contribution in [0.25, 0.3) is 0 Å². The number of hydrogen-bond acceptors (Lipinski definition) is 4. The molecule has 0 unspecified atom stereocenters. The van der Waals surface area contributed by atoms with Crippen LogP contribution in [0.2, 0.25) is 0 Å². The largest absolute Gasteiger partial charge is 0.574 e. The normalized spacial score (nSPS) is 11.6. The SMILES string of the molecule is COC(=O)Cc1nc(OC(F)(F)F)c(CCl)cc1C(F)F. The van der Waals surface area contributed by atoms with E-state index in [9.17, 15) is 26.7 Å². The lowest BCUT2D eigenvalue weighted by Gasteiger charge is -2.15. The van der Waals surface area contributed by atoms with E-state index in [1.807, 2.05) is 0 Å². The van der Waals surface area contributed by atoms with Crippen LogP contribution in [0.15, 0.2) is 6.07 Å². The molecule has 21 heavy (non-hydrogen) atoms. The number of methoxy groups -OCH3 is 1. The Balaban J connectivity index is 3.31. The Bertz CT molecular complexity index is 521. The summed E-state index contributed by atoms with van der Waals surface area (Å²) in [5, 5.41) is 0. The smallest absolute Gasteiger partial charge is 0.469 e. The minimum absolute atomic E-state index is 0.363. The summed E-state index contributed by atoms with van der Waals surface area (Å²) in [6.45, 7) is 0. The van der Waals surface area contributed by atoms with Gasteiger partial charge in [0.2, 0.25) is 5.88 Å². The average molecular weight is 334 g/mol. The van der Waals surface area contributed by atoms with Crippen molar-refractivity contribution in [1.82, 2.24) is 4.98 Å². The molecule has 0 aliphatic carbocycles. The Morgan fingerprint density at radius 2 is 2.05 bits per heavy atom. The minimum atomic E-state index is -5.07. The van der Waals surface area contributed by atoms with Crippen LogP contribution < -0.4 is 4.74 Å². The molecule has 0 atom stereocenters. The minimum Gasteiger partial charge on any atom is -0.469 e. The molecule has 0 amide bonds. The number of halogens is 6. The van der Waals surface area contributed by atoms with Gasteiger partial charge in [-0.15, -0.1) is 24.8 Å². The third-order valence-electron chi connectivity index (χ3n) is 2.31. The zero-order chi connectivity index (χ0) is 16.2. The molecule has 0 aromatic carbocycles. The van der Waals surface area contributed by atoms with E-state index in [1.54, 1.807) is 0 Å². The summed E-state index contributed by atoms with van der Waals surface area (Å²) in [6, 6.07) is 0.726. The topological polar surface area (TPSA) is 48.4 Å². The average Bonchev–Trinajstić information content (AvgIpc) is 2.36. The van der Waals surface area contributed by atoms with E-state index in [0.29, 0.717) is 0 Å². The number of alkyl halides is 6. The van der Waals surface area contributed by atoms with Crippen molar-refractivity contribution < 1.29 is 36.2 Å². The first-order valence-electron chi connectivity index (χ1n) is 5.37. The maximum atomic E-state index is 12.9. The van der Waals surface area contributed by atoms with Gasteiger partial charge in [-0.25, -0.2) is 13.8 Å². The Hall–Kier alpha value is -1.64. The molecule has 0 aliphatic rings. The Labute approximate surface area is 120 Å². The lowest BCUT2D eigenvalue weighted by atomic mass is 10.1. The molecule has 0 saturated carbocycles. The number of carbonyl (C=O) groups excluding carboxylic acids is 1. The monoisotopic (exact) mass is 333 g/mol. The molecular weight excluding hydrogens is 325 g/mol. The Morgan fingerprint density at radius 3 is 2.48 bits per heavy atom. The van der Waals surface area contributed by atoms with Gasteiger partial charge in [0.15, 0.2) is 0 Å². The predicted octanol–water partition coefficient (Wildman–Crippen LogP) is 3.37. The fourth-order valence-electron chi connectivity index (χ4n) is 1.42. The molecule has 118 valence electrons. The molecule has 1 aromatic rings. The molecule has 1 rings (SSSR count). The van der Waals surface area contributed by atoms with Gasteiger partial charge in [-0.2, -0.15) is 0 Å². The van der Waals surface area contributed by atoms with Gasteiger partial charge in [-0.1, -0.05) is 0 Å². The Morgan fingerprint density at radius 1 is 1.43 bits per heavy atom. The van der Waals surface area contributed by atoms with E-state index < -0.39 is 48.2 Å². The van der Waals surface area contributed by atoms with Crippen molar-refractivity contribution in [3.8, 4) is 5.88 Å². The van der Waals surface area contributed by atoms with Gasteiger partial charge in [0.25, 0.3) is 6.43 Å². The first-order chi connectivity index (χ1) is 9.67. The van der Waals surface area contributed by atoms with Crippen LogP contribution in [-0.2, 0) is 21.8 Å². The first kappa shape index (κ1) is 17.4. The van der Waals surface area contributed by atoms with Crippen LogP contribution >= 0.6 is 11.6 Å². The van der Waals surface area contributed by atoms with Crippen LogP contribution in [0.5, 0.6) is 5.88 Å². The third kappa shape index (κ3) is 5.00. The molecule has 1 heterocycles. The number of pyridine rings is 1. The number of ether oxygens (including phenoxy) is 2. The number of esters is 1. The second-order valence-electron chi connectivity index (χ2n) is 3.72. The van der Waals surface area contributed by atoms with Crippen LogP contribution in [0.3, 0.4) is 0 Å². The van der Waals surface area contributed by atoms with Crippen molar-refractivity contribution in [2.75, 3.05) is 7.11 Å². The highest BCUT2D eigenvalue weighted by molar-refractivity contribution is 6.17. The number of rotatable bonds is 5. The third-order valence-corrected chi connectivity index (χ3v) is 2.59. The molecule has 1 aromatic heterocycles. The van der Waals surface area contributed by atoms with E-state index in [0.717, 1.165) is 13.2 Å². The molecule has 0 fully saturated rings. The fourth-order valence-corrected chi connectivity index (χ4v) is 1.62. The molecular formula is C11H9ClF5NO3. The summed E-state index contributed by atoms with van der Waals surface area (Å²) in [7, 11) is 1.00. The summed E-state index contributed by atoms with van der Waals surface area (Å²) >= 11 is 5.40. The van der Waals surface area contributed by atoms with Crippen molar-refractivity contribution in [2.45, 2.75) is 25.1 Å². The van der Waals surface area contributed by atoms with Crippen LogP contribution in [0.4, 0.5) is 22.0 Å². The summed E-state index contributed by atoms with van der Waals surface area (Å²) in [4.78, 5) is 14.4. The van der Waals surface area contributed by atoms with Gasteiger partial charge in [0.1, 0.15) is 0 Å². The second kappa shape index (κ2) is 6.88. The van der Waals surface area contributed by atoms with Gasteiger partial charge < -0.3 is 9.47 Å². The van der Waals surface area contributed by atoms with Crippen molar-refractivity contribution in [3.05, 3.63) is 22.9 Å². The Kier molecular flexibility index (Phi) is 5.70. The van der Waals surface area contributed by atoms with E-state index in [2.05, 4.69) is 14.5 Å². The zero-order valence-electron chi connectivity index (χ0n) is 10.5. The van der Waals surface area contributed by atoms with E-state index in [4.69, 9.17) is 11.6 Å². The molecule has 0 aliphatic heterocycles. The van der Waals surface area contributed by atoms with Crippen molar-refractivity contribution in [1.29, 1.82) is 0 Å². The maximum Gasteiger partial charge on any atom is 0.574 e.